The number of imide groups is 1. The normalized spacial score (nSPS) is 19.4. The van der Waals surface area contributed by atoms with E-state index >= 15 is 0 Å². The predicted octanol–water partition coefficient (Wildman–Crippen LogP) is 4.16. The third-order valence-electron chi connectivity index (χ3n) is 5.04. The number of aryl methyl sites for hydroxylation is 1. The summed E-state index contributed by atoms with van der Waals surface area (Å²) in [4.78, 5) is 26.2. The molecule has 1 fully saturated rings. The van der Waals surface area contributed by atoms with Crippen LogP contribution in [0.3, 0.4) is 0 Å². The molecule has 3 amide bonds. The Morgan fingerprint density at radius 2 is 1.59 bits per heavy atom. The van der Waals surface area contributed by atoms with E-state index in [-0.39, 0.29) is 6.54 Å². The van der Waals surface area contributed by atoms with Crippen LogP contribution in [0.15, 0.2) is 48.5 Å². The Morgan fingerprint density at radius 3 is 2.14 bits per heavy atom. The van der Waals surface area contributed by atoms with Gasteiger partial charge in [-0.05, 0) is 55.2 Å². The van der Waals surface area contributed by atoms with E-state index in [1.165, 1.54) is 12.1 Å². The van der Waals surface area contributed by atoms with Gasteiger partial charge in [0.05, 0.1) is 19.2 Å². The quantitative estimate of drug-likeness (QED) is 0.733. The van der Waals surface area contributed by atoms with Crippen molar-refractivity contribution < 1.29 is 27.5 Å². The maximum Gasteiger partial charge on any atom is 0.416 e. The number of halogens is 3. The van der Waals surface area contributed by atoms with Crippen LogP contribution in [0.2, 0.25) is 0 Å². The number of hydrogen-bond donors (Lipinski definition) is 1. The average molecular weight is 406 g/mol. The Morgan fingerprint density at radius 1 is 1.00 bits per heavy atom. The molecule has 1 heterocycles. The fraction of sp³-hybridized carbons (Fsp3) is 0.333. The summed E-state index contributed by atoms with van der Waals surface area (Å²) < 4.78 is 43.2. The summed E-state index contributed by atoms with van der Waals surface area (Å²) in [6.07, 6.45) is -3.46. The zero-order valence-electron chi connectivity index (χ0n) is 16.0. The molecule has 0 aromatic heterocycles. The Kier molecular flexibility index (Phi) is 5.55. The van der Waals surface area contributed by atoms with E-state index in [0.717, 1.165) is 28.3 Å². The number of urea groups is 1. The lowest BCUT2D eigenvalue weighted by molar-refractivity contribution is -0.137. The predicted molar refractivity (Wildman–Crippen MR) is 100 cm³/mol. The van der Waals surface area contributed by atoms with Crippen LogP contribution in [0, 0.1) is 0 Å². The summed E-state index contributed by atoms with van der Waals surface area (Å²) >= 11 is 0. The van der Waals surface area contributed by atoms with Gasteiger partial charge in [0.15, 0.2) is 0 Å². The molecule has 0 spiro atoms. The number of hydrogen-bond acceptors (Lipinski definition) is 3. The van der Waals surface area contributed by atoms with E-state index in [1.807, 2.05) is 24.3 Å². The number of rotatable bonds is 6. The fourth-order valence-electron chi connectivity index (χ4n) is 3.23. The van der Waals surface area contributed by atoms with Crippen LogP contribution >= 0.6 is 0 Å². The third-order valence-corrected chi connectivity index (χ3v) is 5.04. The van der Waals surface area contributed by atoms with Gasteiger partial charge in [-0.1, -0.05) is 24.3 Å². The van der Waals surface area contributed by atoms with Gasteiger partial charge in [-0.2, -0.15) is 13.2 Å². The molecule has 1 saturated heterocycles. The smallest absolute Gasteiger partial charge is 0.416 e. The number of nitrogens with zero attached hydrogens (tertiary/aromatic N) is 1. The molecule has 5 nitrogen and oxygen atoms in total. The molecule has 3 rings (SSSR count). The van der Waals surface area contributed by atoms with E-state index in [9.17, 15) is 22.8 Å². The molecule has 1 aliphatic heterocycles. The molecule has 1 unspecified atom stereocenters. The maximum atomic E-state index is 12.8. The minimum absolute atomic E-state index is 0.0824. The minimum atomic E-state index is -4.43. The lowest BCUT2D eigenvalue weighted by atomic mass is 9.93. The molecule has 2 aromatic rings. The zero-order valence-corrected chi connectivity index (χ0v) is 16.0. The van der Waals surface area contributed by atoms with E-state index in [4.69, 9.17) is 4.74 Å². The number of methoxy groups -OCH3 is 1. The highest BCUT2D eigenvalue weighted by molar-refractivity contribution is 6.06. The summed E-state index contributed by atoms with van der Waals surface area (Å²) in [5.74, 6) is 0.337. The molecule has 8 heteroatoms. The van der Waals surface area contributed by atoms with Crippen LogP contribution in [0.25, 0.3) is 0 Å². The number of ether oxygens (including phenoxy) is 1. The number of benzene rings is 2. The first kappa shape index (κ1) is 20.7. The van der Waals surface area contributed by atoms with Gasteiger partial charge in [0.25, 0.3) is 5.91 Å². The van der Waals surface area contributed by atoms with E-state index in [2.05, 4.69) is 5.32 Å². The Balaban J connectivity index is 1.66. The largest absolute Gasteiger partial charge is 0.497 e. The van der Waals surface area contributed by atoms with Gasteiger partial charge in [0, 0.05) is 0 Å². The van der Waals surface area contributed by atoms with Crippen molar-refractivity contribution in [1.29, 1.82) is 0 Å². The Labute approximate surface area is 166 Å². The highest BCUT2D eigenvalue weighted by atomic mass is 19.4. The molecule has 1 aliphatic rings. The molecule has 0 bridgehead atoms. The molecule has 1 atom stereocenters. The molecule has 154 valence electrons. The summed E-state index contributed by atoms with van der Waals surface area (Å²) in [7, 11) is 1.58. The first-order valence-electron chi connectivity index (χ1n) is 9.05. The molecule has 0 radical (unpaired) electrons. The average Bonchev–Trinajstić information content (AvgIpc) is 2.90. The molecule has 29 heavy (non-hydrogen) atoms. The van der Waals surface area contributed by atoms with Gasteiger partial charge in [0.2, 0.25) is 0 Å². The number of carbonyl (C=O) groups excluding carboxylic acids is 2. The molecular formula is C21H21F3N2O3. The van der Waals surface area contributed by atoms with Crippen molar-refractivity contribution in [2.75, 3.05) is 7.11 Å². The van der Waals surface area contributed by atoms with Crippen molar-refractivity contribution in [3.05, 3.63) is 65.2 Å². The second-order valence-corrected chi connectivity index (χ2v) is 7.20. The summed E-state index contributed by atoms with van der Waals surface area (Å²) in [5, 5.41) is 2.71. The van der Waals surface area contributed by atoms with Crippen molar-refractivity contribution in [2.45, 2.75) is 38.0 Å². The van der Waals surface area contributed by atoms with Crippen molar-refractivity contribution in [2.24, 2.45) is 0 Å². The number of amides is 3. The minimum Gasteiger partial charge on any atom is -0.497 e. The number of alkyl halides is 3. The van der Waals surface area contributed by atoms with Crippen LogP contribution in [0.5, 0.6) is 5.75 Å². The van der Waals surface area contributed by atoms with Gasteiger partial charge < -0.3 is 10.1 Å². The second-order valence-electron chi connectivity index (χ2n) is 7.20. The number of nitrogens with one attached hydrogen (secondary N) is 1. The maximum absolute atomic E-state index is 12.8. The molecule has 2 aromatic carbocycles. The van der Waals surface area contributed by atoms with Crippen molar-refractivity contribution in [3.8, 4) is 5.75 Å². The highest BCUT2D eigenvalue weighted by Gasteiger charge is 2.47. The van der Waals surface area contributed by atoms with Gasteiger partial charge in [-0.3, -0.25) is 9.69 Å². The number of carbonyl (C=O) groups is 2. The zero-order chi connectivity index (χ0) is 21.2. The lowest BCUT2D eigenvalue weighted by Crippen LogP contribution is -2.44. The van der Waals surface area contributed by atoms with Gasteiger partial charge in [0.1, 0.15) is 11.3 Å². The molecule has 0 saturated carbocycles. The van der Waals surface area contributed by atoms with Crippen LogP contribution in [-0.2, 0) is 23.9 Å². The topological polar surface area (TPSA) is 58.6 Å². The summed E-state index contributed by atoms with van der Waals surface area (Å²) in [6.45, 7) is 1.57. The molecule has 1 N–H and O–H groups in total. The van der Waals surface area contributed by atoms with Crippen LogP contribution in [0.1, 0.15) is 30.0 Å². The SMILES string of the molecule is COc1ccc(CCC2(C)NC(=O)N(Cc3ccc(C(F)(F)F)cc3)C2=O)cc1. The van der Waals surface area contributed by atoms with Crippen LogP contribution < -0.4 is 10.1 Å². The summed E-state index contributed by atoms with van der Waals surface area (Å²) in [5.41, 5.74) is -0.401. The third kappa shape index (κ3) is 4.52. The van der Waals surface area contributed by atoms with E-state index < -0.39 is 29.2 Å². The Hall–Kier alpha value is -3.03. The standard InChI is InChI=1S/C21H21F3N2O3/c1-20(12-11-14-5-9-17(29-2)10-6-14)18(27)26(19(28)25-20)13-15-3-7-16(8-4-15)21(22,23)24/h3-10H,11-13H2,1-2H3,(H,25,28). The monoisotopic (exact) mass is 406 g/mol. The summed E-state index contributed by atoms with van der Waals surface area (Å²) in [6, 6.07) is 11.3. The first-order chi connectivity index (χ1) is 13.6. The lowest BCUT2D eigenvalue weighted by Gasteiger charge is -2.22. The second kappa shape index (κ2) is 7.77. The van der Waals surface area contributed by atoms with E-state index in [0.29, 0.717) is 18.4 Å². The van der Waals surface area contributed by atoms with Crippen LogP contribution in [0.4, 0.5) is 18.0 Å². The molecule has 0 aliphatic carbocycles. The van der Waals surface area contributed by atoms with E-state index in [1.54, 1.807) is 14.0 Å². The highest BCUT2D eigenvalue weighted by Crippen LogP contribution is 2.30. The van der Waals surface area contributed by atoms with Gasteiger partial charge >= 0.3 is 12.2 Å². The fourth-order valence-corrected chi connectivity index (χ4v) is 3.23. The Bertz CT molecular complexity index is 895. The van der Waals surface area contributed by atoms with Gasteiger partial charge in [-0.25, -0.2) is 4.79 Å². The van der Waals surface area contributed by atoms with Gasteiger partial charge in [-0.15, -0.1) is 0 Å². The van der Waals surface area contributed by atoms with Crippen molar-refractivity contribution in [3.63, 3.8) is 0 Å². The first-order valence-corrected chi connectivity index (χ1v) is 9.05. The molecular weight excluding hydrogens is 385 g/mol. The van der Waals surface area contributed by atoms with Crippen molar-refractivity contribution in [1.82, 2.24) is 10.2 Å². The van der Waals surface area contributed by atoms with Crippen LogP contribution in [-0.4, -0.2) is 29.5 Å². The van der Waals surface area contributed by atoms with Crippen molar-refractivity contribution >= 4 is 11.9 Å².